The lowest BCUT2D eigenvalue weighted by molar-refractivity contribution is -0.117. The molecule has 1 aromatic carbocycles. The molecule has 0 radical (unpaired) electrons. The maximum atomic E-state index is 12.5. The van der Waals surface area contributed by atoms with Crippen molar-refractivity contribution >= 4 is 17.7 Å². The molecule has 0 unspecified atom stereocenters. The molecule has 2 amide bonds. The Morgan fingerprint density at radius 1 is 1.21 bits per heavy atom. The first-order valence-corrected chi connectivity index (χ1v) is 9.84. The minimum Gasteiger partial charge on any atom is -0.444 e. The van der Waals surface area contributed by atoms with E-state index in [1.165, 1.54) is 0 Å². The highest BCUT2D eigenvalue weighted by atomic mass is 16.6. The maximum Gasteiger partial charge on any atom is 0.408 e. The normalized spacial score (nSPS) is 14.4. The Bertz CT molecular complexity index is 894. The quantitative estimate of drug-likeness (QED) is 0.681. The molecule has 3 N–H and O–H groups in total. The number of rotatable bonds is 6. The van der Waals surface area contributed by atoms with Crippen molar-refractivity contribution in [1.82, 2.24) is 20.5 Å². The number of alkyl carbamates (subject to hydrolysis) is 1. The van der Waals surface area contributed by atoms with Crippen molar-refractivity contribution < 1.29 is 14.3 Å². The lowest BCUT2D eigenvalue weighted by atomic mass is 10.0. The molecule has 0 saturated heterocycles. The van der Waals surface area contributed by atoms with Gasteiger partial charge in [-0.25, -0.2) is 9.78 Å². The van der Waals surface area contributed by atoms with Gasteiger partial charge in [0.1, 0.15) is 11.4 Å². The van der Waals surface area contributed by atoms with Crippen molar-refractivity contribution in [2.45, 2.75) is 70.9 Å². The highest BCUT2D eigenvalue weighted by molar-refractivity contribution is 5.92. The molecule has 0 aliphatic heterocycles. The number of hydrogen-bond acceptors (Lipinski definition) is 5. The van der Waals surface area contributed by atoms with Gasteiger partial charge in [0.2, 0.25) is 5.91 Å². The number of nitrogens with zero attached hydrogens (tertiary/aromatic N) is 2. The van der Waals surface area contributed by atoms with E-state index >= 15 is 0 Å². The van der Waals surface area contributed by atoms with Gasteiger partial charge in [0.15, 0.2) is 5.82 Å². The number of hydrogen-bond donors (Lipinski definition) is 3. The van der Waals surface area contributed by atoms with Crippen LogP contribution in [0.15, 0.2) is 24.3 Å². The predicted molar refractivity (Wildman–Crippen MR) is 110 cm³/mol. The fourth-order valence-corrected chi connectivity index (χ4v) is 2.91. The monoisotopic (exact) mass is 399 g/mol. The van der Waals surface area contributed by atoms with E-state index in [9.17, 15) is 9.59 Å². The second-order valence-electron chi connectivity index (χ2n) is 9.14. The molecule has 1 aliphatic rings. The van der Waals surface area contributed by atoms with Crippen LogP contribution in [0.4, 0.5) is 10.5 Å². The van der Waals surface area contributed by atoms with Gasteiger partial charge in [0.25, 0.3) is 0 Å². The summed E-state index contributed by atoms with van der Waals surface area (Å²) in [7, 11) is 0. The van der Waals surface area contributed by atoms with Crippen LogP contribution in [0.3, 0.4) is 0 Å². The Morgan fingerprint density at radius 2 is 1.93 bits per heavy atom. The summed E-state index contributed by atoms with van der Waals surface area (Å²) < 4.78 is 5.26. The van der Waals surface area contributed by atoms with Gasteiger partial charge in [-0.15, -0.1) is 0 Å². The summed E-state index contributed by atoms with van der Waals surface area (Å²) in [6.07, 6.45) is 1.85. The number of aromatic nitrogens is 3. The average molecular weight is 399 g/mol. The van der Waals surface area contributed by atoms with Crippen LogP contribution >= 0.6 is 0 Å². The maximum absolute atomic E-state index is 12.5. The number of H-pyrrole nitrogens is 1. The van der Waals surface area contributed by atoms with Crippen molar-refractivity contribution in [3.05, 3.63) is 30.1 Å². The van der Waals surface area contributed by atoms with Crippen LogP contribution in [0.5, 0.6) is 0 Å². The van der Waals surface area contributed by atoms with Crippen LogP contribution in [-0.2, 0) is 9.53 Å². The molecule has 3 rings (SSSR count). The summed E-state index contributed by atoms with van der Waals surface area (Å²) >= 11 is 0. The second kappa shape index (κ2) is 7.85. The topological polar surface area (TPSA) is 109 Å². The summed E-state index contributed by atoms with van der Waals surface area (Å²) in [5, 5.41) is 12.9. The third-order valence-corrected chi connectivity index (χ3v) is 4.31. The van der Waals surface area contributed by atoms with Crippen LogP contribution in [-0.4, -0.2) is 38.3 Å². The van der Waals surface area contributed by atoms with Gasteiger partial charge in [-0.3, -0.25) is 9.89 Å². The summed E-state index contributed by atoms with van der Waals surface area (Å²) in [5.74, 6) is 1.83. The molecule has 1 aromatic heterocycles. The van der Waals surface area contributed by atoms with Crippen molar-refractivity contribution in [3.63, 3.8) is 0 Å². The summed E-state index contributed by atoms with van der Waals surface area (Å²) in [6, 6.07) is 7.40. The lowest BCUT2D eigenvalue weighted by Crippen LogP contribution is -2.47. The molecule has 29 heavy (non-hydrogen) atoms. The van der Waals surface area contributed by atoms with Crippen LogP contribution in [0.2, 0.25) is 0 Å². The van der Waals surface area contributed by atoms with Crippen molar-refractivity contribution in [2.24, 2.45) is 0 Å². The van der Waals surface area contributed by atoms with Crippen LogP contribution in [0, 0.1) is 0 Å². The minimum absolute atomic E-state index is 0.100. The average Bonchev–Trinajstić information content (AvgIpc) is 3.29. The molecule has 8 nitrogen and oxygen atoms in total. The van der Waals surface area contributed by atoms with E-state index in [2.05, 4.69) is 25.8 Å². The molecule has 1 saturated carbocycles. The van der Waals surface area contributed by atoms with Gasteiger partial charge in [-0.2, -0.15) is 5.10 Å². The fraction of sp³-hybridized carbons (Fsp3) is 0.524. The molecule has 1 heterocycles. The van der Waals surface area contributed by atoms with Crippen LogP contribution < -0.4 is 10.6 Å². The molecular weight excluding hydrogens is 370 g/mol. The first-order valence-electron chi connectivity index (χ1n) is 9.84. The molecule has 0 bridgehead atoms. The molecule has 1 fully saturated rings. The predicted octanol–water partition coefficient (Wildman–Crippen LogP) is 3.98. The standard InChI is InChI=1S/C21H29N5O3/c1-20(2,3)29-19(28)24-21(4,5)12-16(27)22-15-8-6-7-14(11-15)18-23-17(25-26-18)13-9-10-13/h6-8,11,13H,9-10,12H2,1-5H3,(H,22,27)(H,24,28)(H,23,25,26). The summed E-state index contributed by atoms with van der Waals surface area (Å²) in [5.41, 5.74) is 0.130. The van der Waals surface area contributed by atoms with Gasteiger partial charge >= 0.3 is 6.09 Å². The van der Waals surface area contributed by atoms with Gasteiger partial charge in [-0.05, 0) is 59.6 Å². The van der Waals surface area contributed by atoms with E-state index in [0.717, 1.165) is 24.2 Å². The highest BCUT2D eigenvalue weighted by Gasteiger charge is 2.28. The molecule has 8 heteroatoms. The zero-order valence-corrected chi connectivity index (χ0v) is 17.6. The number of nitrogens with one attached hydrogen (secondary N) is 3. The zero-order valence-electron chi connectivity index (χ0n) is 17.6. The van der Waals surface area contributed by atoms with Gasteiger partial charge in [0, 0.05) is 29.1 Å². The number of aromatic amines is 1. The van der Waals surface area contributed by atoms with E-state index in [1.807, 2.05) is 24.3 Å². The van der Waals surface area contributed by atoms with Gasteiger partial charge in [-0.1, -0.05) is 12.1 Å². The fourth-order valence-electron chi connectivity index (χ4n) is 2.91. The van der Waals surface area contributed by atoms with E-state index in [4.69, 9.17) is 4.74 Å². The SMILES string of the molecule is CC(C)(CC(=O)Nc1cccc(-c2n[nH]c(C3CC3)n2)c1)NC(=O)OC(C)(C)C. The van der Waals surface area contributed by atoms with Crippen LogP contribution in [0.1, 0.15) is 65.6 Å². The number of ether oxygens (including phenoxy) is 1. The van der Waals surface area contributed by atoms with Crippen molar-refractivity contribution in [2.75, 3.05) is 5.32 Å². The number of carbonyl (C=O) groups is 2. The Labute approximate surface area is 170 Å². The molecule has 0 atom stereocenters. The Morgan fingerprint density at radius 3 is 2.59 bits per heavy atom. The number of carbonyl (C=O) groups excluding carboxylic acids is 2. The lowest BCUT2D eigenvalue weighted by Gasteiger charge is -2.28. The van der Waals surface area contributed by atoms with Gasteiger partial charge in [0.05, 0.1) is 0 Å². The minimum atomic E-state index is -0.757. The third-order valence-electron chi connectivity index (χ3n) is 4.31. The largest absolute Gasteiger partial charge is 0.444 e. The van der Waals surface area contributed by atoms with Crippen molar-refractivity contribution in [3.8, 4) is 11.4 Å². The molecular formula is C21H29N5O3. The first kappa shape index (κ1) is 20.8. The summed E-state index contributed by atoms with van der Waals surface area (Å²) in [6.45, 7) is 8.93. The Balaban J connectivity index is 1.59. The van der Waals surface area contributed by atoms with Gasteiger partial charge < -0.3 is 15.4 Å². The number of benzene rings is 1. The molecule has 1 aliphatic carbocycles. The second-order valence-corrected chi connectivity index (χ2v) is 9.14. The summed E-state index contributed by atoms with van der Waals surface area (Å²) in [4.78, 5) is 29.0. The molecule has 156 valence electrons. The smallest absolute Gasteiger partial charge is 0.408 e. The van der Waals surface area contributed by atoms with Crippen molar-refractivity contribution in [1.29, 1.82) is 0 Å². The van der Waals surface area contributed by atoms with E-state index in [-0.39, 0.29) is 12.3 Å². The number of anilines is 1. The Kier molecular flexibility index (Phi) is 5.64. The zero-order chi connectivity index (χ0) is 21.2. The molecule has 0 spiro atoms. The first-order chi connectivity index (χ1) is 13.5. The third kappa shape index (κ3) is 6.30. The number of amides is 2. The van der Waals surface area contributed by atoms with E-state index in [1.54, 1.807) is 34.6 Å². The van der Waals surface area contributed by atoms with E-state index in [0.29, 0.717) is 17.4 Å². The Hall–Kier alpha value is -2.90. The molecule has 2 aromatic rings. The van der Waals surface area contributed by atoms with E-state index < -0.39 is 17.2 Å². The highest BCUT2D eigenvalue weighted by Crippen LogP contribution is 2.38. The van der Waals surface area contributed by atoms with Crippen LogP contribution in [0.25, 0.3) is 11.4 Å².